The number of nitrogens with one attached hydrogen (secondary N) is 3. The van der Waals surface area contributed by atoms with Crippen LogP contribution in [0.1, 0.15) is 133 Å². The molecular formula is C43H68N6O9S. The Kier molecular flexibility index (Phi) is 20.6. The maximum Gasteiger partial charge on any atom is 0.407 e. The van der Waals surface area contributed by atoms with Crippen molar-refractivity contribution in [2.75, 3.05) is 27.2 Å². The molecule has 5 N–H and O–H groups in total. The minimum atomic E-state index is -1.000. The summed E-state index contributed by atoms with van der Waals surface area (Å²) >= 11 is 1.13. The highest BCUT2D eigenvalue weighted by molar-refractivity contribution is 7.09. The number of ether oxygens (including phenoxy) is 1. The SMILES string of the molecule is CCCCCCON(C(=O)[C@@H](NC(=O)[C@H]1CCCCN1C)[C@@H](C)CC)[C@H](C[C@@H](OC(=O)NC)c1nc(C(=O)N[C@@H](Cc2ccc(O)cc2)C[C@H](C)C(=O)O)cs1)C(C)C. The van der Waals surface area contributed by atoms with Gasteiger partial charge in [-0.2, -0.15) is 0 Å². The van der Waals surface area contributed by atoms with Crippen molar-refractivity contribution in [3.05, 3.63) is 45.9 Å². The standard InChI is InChI=1S/C43H68N6O9S/c1-9-11-12-15-22-57-49(41(53)37(28(5)10-2)47-39(52)34-16-13-14-21-48(34)8)35(27(3)4)25-36(58-43(56)44-7)40-46-33(26-59-40)38(51)45-31(23-29(6)42(54)55)24-30-17-19-32(50)20-18-30/h17-20,26-29,31,34-37,50H,9-16,21-25H2,1-8H3,(H,44,56)(H,45,51)(H,47,52)(H,54,55)/t28-,29-,31+,34+,35+,36+,37-/m0/s1. The van der Waals surface area contributed by atoms with Gasteiger partial charge in [0, 0.05) is 24.9 Å². The fraction of sp³-hybridized carbons (Fsp3) is 0.674. The van der Waals surface area contributed by atoms with Gasteiger partial charge in [0.1, 0.15) is 22.5 Å². The third-order valence-electron chi connectivity index (χ3n) is 11.1. The second kappa shape index (κ2) is 24.7. The molecule has 2 aromatic rings. The van der Waals surface area contributed by atoms with Gasteiger partial charge >= 0.3 is 12.1 Å². The lowest BCUT2D eigenvalue weighted by molar-refractivity contribution is -0.212. The highest BCUT2D eigenvalue weighted by Gasteiger charge is 2.40. The van der Waals surface area contributed by atoms with Gasteiger partial charge in [0.2, 0.25) is 5.91 Å². The van der Waals surface area contributed by atoms with Gasteiger partial charge in [0.15, 0.2) is 6.10 Å². The third-order valence-corrected chi connectivity index (χ3v) is 12.1. The fourth-order valence-corrected chi connectivity index (χ4v) is 8.01. The molecule has 0 bridgehead atoms. The van der Waals surface area contributed by atoms with Crippen LogP contribution in [-0.4, -0.2) is 106 Å². The normalized spacial score (nSPS) is 17.5. The number of aromatic hydroxyl groups is 1. The molecule has 0 saturated carbocycles. The number of carboxylic acids is 1. The molecule has 2 heterocycles. The molecule has 0 spiro atoms. The lowest BCUT2D eigenvalue weighted by Crippen LogP contribution is -2.58. The summed E-state index contributed by atoms with van der Waals surface area (Å²) < 4.78 is 5.89. The molecular weight excluding hydrogens is 777 g/mol. The van der Waals surface area contributed by atoms with E-state index in [0.29, 0.717) is 24.3 Å². The zero-order valence-electron chi connectivity index (χ0n) is 36.2. The molecule has 59 heavy (non-hydrogen) atoms. The van der Waals surface area contributed by atoms with Gasteiger partial charge in [0.25, 0.3) is 11.8 Å². The average molecular weight is 845 g/mol. The summed E-state index contributed by atoms with van der Waals surface area (Å²) in [5, 5.41) is 31.1. The molecule has 330 valence electrons. The maximum atomic E-state index is 14.8. The first-order valence-electron chi connectivity index (χ1n) is 21.2. The number of phenolic OH excluding ortho intramolecular Hbond substituents is 1. The number of piperidine rings is 1. The molecule has 0 aliphatic carbocycles. The highest BCUT2D eigenvalue weighted by Crippen LogP contribution is 2.32. The summed E-state index contributed by atoms with van der Waals surface area (Å²) in [6.45, 7) is 12.6. The zero-order valence-corrected chi connectivity index (χ0v) is 37.0. The smallest absolute Gasteiger partial charge is 0.407 e. The summed E-state index contributed by atoms with van der Waals surface area (Å²) in [6.07, 6.45) is 5.79. The summed E-state index contributed by atoms with van der Waals surface area (Å²) in [5.41, 5.74) is 0.856. The predicted octanol–water partition coefficient (Wildman–Crippen LogP) is 6.47. The van der Waals surface area contributed by atoms with Crippen LogP contribution < -0.4 is 16.0 Å². The van der Waals surface area contributed by atoms with E-state index in [-0.39, 0.29) is 60.6 Å². The van der Waals surface area contributed by atoms with Crippen LogP contribution in [0.3, 0.4) is 0 Å². The summed E-state index contributed by atoms with van der Waals surface area (Å²) in [5.74, 6) is -3.17. The highest BCUT2D eigenvalue weighted by atomic mass is 32.1. The first-order valence-corrected chi connectivity index (χ1v) is 22.1. The van der Waals surface area contributed by atoms with Crippen LogP contribution in [-0.2, 0) is 30.4 Å². The number of hydrogen-bond acceptors (Lipinski definition) is 11. The Morgan fingerprint density at radius 1 is 1.00 bits per heavy atom. The summed E-state index contributed by atoms with van der Waals surface area (Å²) in [7, 11) is 3.37. The number of hydroxylamine groups is 2. The molecule has 7 atom stereocenters. The number of carbonyl (C=O) groups excluding carboxylic acids is 4. The number of nitrogens with zero attached hydrogens (tertiary/aromatic N) is 3. The quantitative estimate of drug-likeness (QED) is 0.0574. The number of aliphatic carboxylic acids is 1. The van der Waals surface area contributed by atoms with Gasteiger partial charge in [-0.05, 0) is 75.2 Å². The monoisotopic (exact) mass is 844 g/mol. The second-order valence-electron chi connectivity index (χ2n) is 16.2. The van der Waals surface area contributed by atoms with Crippen molar-refractivity contribution < 1.29 is 43.8 Å². The summed E-state index contributed by atoms with van der Waals surface area (Å²) in [6, 6.07) is 4.07. The molecule has 1 aliphatic rings. The Morgan fingerprint density at radius 2 is 1.71 bits per heavy atom. The van der Waals surface area contributed by atoms with Crippen molar-refractivity contribution in [3.8, 4) is 5.75 Å². The largest absolute Gasteiger partial charge is 0.508 e. The molecule has 1 fully saturated rings. The number of benzene rings is 1. The average Bonchev–Trinajstić information content (AvgIpc) is 3.71. The van der Waals surface area contributed by atoms with Crippen LogP contribution in [0.4, 0.5) is 4.79 Å². The molecule has 1 saturated heterocycles. The van der Waals surface area contributed by atoms with Crippen molar-refractivity contribution in [1.29, 1.82) is 0 Å². The summed E-state index contributed by atoms with van der Waals surface area (Å²) in [4.78, 5) is 79.9. The van der Waals surface area contributed by atoms with E-state index >= 15 is 0 Å². The van der Waals surface area contributed by atoms with Crippen LogP contribution in [0.15, 0.2) is 29.6 Å². The van der Waals surface area contributed by atoms with Crippen molar-refractivity contribution >= 4 is 41.1 Å². The Bertz CT molecular complexity index is 1640. The van der Waals surface area contributed by atoms with E-state index in [0.717, 1.165) is 62.0 Å². The number of carbonyl (C=O) groups is 5. The predicted molar refractivity (Wildman–Crippen MR) is 227 cm³/mol. The maximum absolute atomic E-state index is 14.8. The van der Waals surface area contributed by atoms with E-state index in [1.807, 2.05) is 39.6 Å². The van der Waals surface area contributed by atoms with Crippen molar-refractivity contribution in [3.63, 3.8) is 0 Å². The lowest BCUT2D eigenvalue weighted by atomic mass is 9.93. The van der Waals surface area contributed by atoms with Gasteiger partial charge in [-0.3, -0.25) is 28.9 Å². The molecule has 0 unspecified atom stereocenters. The van der Waals surface area contributed by atoms with Gasteiger partial charge in [0.05, 0.1) is 24.6 Å². The minimum Gasteiger partial charge on any atom is -0.508 e. The van der Waals surface area contributed by atoms with E-state index < -0.39 is 48.1 Å². The van der Waals surface area contributed by atoms with Gasteiger partial charge in [-0.25, -0.2) is 14.8 Å². The van der Waals surface area contributed by atoms with E-state index in [4.69, 9.17) is 9.57 Å². The first-order chi connectivity index (χ1) is 28.1. The number of unbranched alkanes of at least 4 members (excludes halogenated alkanes) is 3. The number of hydrogen-bond donors (Lipinski definition) is 5. The van der Waals surface area contributed by atoms with E-state index in [1.165, 1.54) is 24.2 Å². The molecule has 3 rings (SSSR count). The number of amides is 4. The van der Waals surface area contributed by atoms with E-state index in [1.54, 1.807) is 24.4 Å². The second-order valence-corrected chi connectivity index (χ2v) is 17.1. The van der Waals surface area contributed by atoms with Gasteiger partial charge < -0.3 is 30.9 Å². The number of likely N-dealkylation sites (N-methyl/N-ethyl adjacent to an activating group) is 1. The van der Waals surface area contributed by atoms with Crippen LogP contribution in [0.25, 0.3) is 0 Å². The number of phenols is 1. The first kappa shape index (κ1) is 49.1. The van der Waals surface area contributed by atoms with Crippen molar-refractivity contribution in [2.45, 2.75) is 142 Å². The zero-order chi connectivity index (χ0) is 43.6. The Hall–Kier alpha value is -4.28. The Balaban J connectivity index is 1.95. The minimum absolute atomic E-state index is 0.0580. The van der Waals surface area contributed by atoms with Crippen LogP contribution in [0.2, 0.25) is 0 Å². The van der Waals surface area contributed by atoms with Crippen molar-refractivity contribution in [1.82, 2.24) is 30.9 Å². The molecule has 16 heteroatoms. The molecule has 15 nitrogen and oxygen atoms in total. The van der Waals surface area contributed by atoms with Crippen LogP contribution in [0, 0.1) is 17.8 Å². The Morgan fingerprint density at radius 3 is 2.32 bits per heavy atom. The van der Waals surface area contributed by atoms with Crippen LogP contribution >= 0.6 is 11.3 Å². The van der Waals surface area contributed by atoms with E-state index in [2.05, 4.69) is 27.9 Å². The number of rotatable bonds is 24. The van der Waals surface area contributed by atoms with Gasteiger partial charge in [-0.1, -0.05) is 85.8 Å². The van der Waals surface area contributed by atoms with Crippen molar-refractivity contribution in [2.24, 2.45) is 17.8 Å². The topological polar surface area (TPSA) is 200 Å². The number of alkyl carbamates (subject to hydrolysis) is 1. The number of thiazole rings is 1. The Labute approximate surface area is 353 Å². The van der Waals surface area contributed by atoms with Gasteiger partial charge in [-0.15, -0.1) is 11.3 Å². The number of aromatic nitrogens is 1. The van der Waals surface area contributed by atoms with E-state index in [9.17, 15) is 34.2 Å². The molecule has 1 aliphatic heterocycles. The molecule has 1 aromatic heterocycles. The molecule has 1 aromatic carbocycles. The third kappa shape index (κ3) is 15.4. The molecule has 4 amide bonds. The van der Waals surface area contributed by atoms with Crippen LogP contribution in [0.5, 0.6) is 5.75 Å². The number of likely N-dealkylation sites (tertiary alicyclic amines) is 1. The lowest BCUT2D eigenvalue weighted by Gasteiger charge is -2.39. The fourth-order valence-electron chi connectivity index (χ4n) is 7.17. The molecule has 0 radical (unpaired) electrons. The number of carboxylic acid groups (broad SMARTS) is 1.